The fourth-order valence-electron chi connectivity index (χ4n) is 1.66. The van der Waals surface area contributed by atoms with E-state index in [-0.39, 0.29) is 18.4 Å². The first-order valence-electron chi connectivity index (χ1n) is 6.26. The maximum absolute atomic E-state index is 12.0. The molecule has 0 unspecified atom stereocenters. The van der Waals surface area contributed by atoms with Gasteiger partial charge in [0.05, 0.1) is 13.5 Å². The SMILES string of the molecule is CCN(CCC(=O)OC)C(=O)Nc1cccc(C)c1. The number of hydrogen-bond acceptors (Lipinski definition) is 3. The molecule has 0 radical (unpaired) electrons. The van der Waals surface area contributed by atoms with Crippen molar-refractivity contribution < 1.29 is 14.3 Å². The molecular weight excluding hydrogens is 244 g/mol. The number of anilines is 1. The van der Waals surface area contributed by atoms with Crippen LogP contribution in [0.15, 0.2) is 24.3 Å². The van der Waals surface area contributed by atoms with Gasteiger partial charge in [-0.05, 0) is 31.5 Å². The third-order valence-electron chi connectivity index (χ3n) is 2.75. The second-order valence-corrected chi connectivity index (χ2v) is 4.21. The van der Waals surface area contributed by atoms with Crippen LogP contribution >= 0.6 is 0 Å². The Kier molecular flexibility index (Phi) is 5.85. The first kappa shape index (κ1) is 15.0. The number of rotatable bonds is 5. The minimum Gasteiger partial charge on any atom is -0.469 e. The standard InChI is InChI=1S/C14H20N2O3/c1-4-16(9-8-13(17)19-3)14(18)15-12-7-5-6-11(2)10-12/h5-7,10H,4,8-9H2,1-3H3,(H,15,18). The second-order valence-electron chi connectivity index (χ2n) is 4.21. The van der Waals surface area contributed by atoms with Gasteiger partial charge in [0, 0.05) is 18.8 Å². The van der Waals surface area contributed by atoms with Crippen LogP contribution in [0.25, 0.3) is 0 Å². The number of benzene rings is 1. The number of hydrogen-bond donors (Lipinski definition) is 1. The van der Waals surface area contributed by atoms with Crippen molar-refractivity contribution in [1.29, 1.82) is 0 Å². The van der Waals surface area contributed by atoms with Crippen LogP contribution in [0.5, 0.6) is 0 Å². The molecule has 0 aromatic heterocycles. The molecule has 0 spiro atoms. The lowest BCUT2D eigenvalue weighted by Crippen LogP contribution is -2.36. The quantitative estimate of drug-likeness (QED) is 0.831. The van der Waals surface area contributed by atoms with Gasteiger partial charge in [-0.1, -0.05) is 12.1 Å². The van der Waals surface area contributed by atoms with Crippen molar-refractivity contribution >= 4 is 17.7 Å². The molecular formula is C14H20N2O3. The lowest BCUT2D eigenvalue weighted by atomic mass is 10.2. The van der Waals surface area contributed by atoms with Gasteiger partial charge in [0.25, 0.3) is 0 Å². The van der Waals surface area contributed by atoms with Crippen LogP contribution in [-0.4, -0.2) is 37.1 Å². The lowest BCUT2D eigenvalue weighted by Gasteiger charge is -2.20. The highest BCUT2D eigenvalue weighted by atomic mass is 16.5. The monoisotopic (exact) mass is 264 g/mol. The third-order valence-corrected chi connectivity index (χ3v) is 2.75. The van der Waals surface area contributed by atoms with Crippen molar-refractivity contribution in [1.82, 2.24) is 4.90 Å². The van der Waals surface area contributed by atoms with E-state index in [4.69, 9.17) is 0 Å². The number of methoxy groups -OCH3 is 1. The Balaban J connectivity index is 2.56. The molecule has 0 saturated heterocycles. The Hall–Kier alpha value is -2.04. The summed E-state index contributed by atoms with van der Waals surface area (Å²) in [5, 5.41) is 2.81. The molecule has 2 amide bonds. The average Bonchev–Trinajstić information content (AvgIpc) is 2.39. The number of ether oxygens (including phenoxy) is 1. The summed E-state index contributed by atoms with van der Waals surface area (Å²) in [4.78, 5) is 24.7. The van der Waals surface area contributed by atoms with Gasteiger partial charge in [-0.3, -0.25) is 4.79 Å². The summed E-state index contributed by atoms with van der Waals surface area (Å²) in [6, 6.07) is 7.36. The van der Waals surface area contributed by atoms with Gasteiger partial charge in [0.2, 0.25) is 0 Å². The molecule has 0 bridgehead atoms. The molecule has 0 aliphatic carbocycles. The second kappa shape index (κ2) is 7.41. The highest BCUT2D eigenvalue weighted by molar-refractivity contribution is 5.89. The largest absolute Gasteiger partial charge is 0.469 e. The number of urea groups is 1. The van der Waals surface area contributed by atoms with E-state index in [1.54, 1.807) is 4.90 Å². The van der Waals surface area contributed by atoms with E-state index < -0.39 is 0 Å². The average molecular weight is 264 g/mol. The Labute approximate surface area is 113 Å². The molecule has 0 aliphatic rings. The highest BCUT2D eigenvalue weighted by Crippen LogP contribution is 2.10. The molecule has 0 aliphatic heterocycles. The number of aryl methyl sites for hydroxylation is 1. The predicted molar refractivity (Wildman–Crippen MR) is 74.1 cm³/mol. The molecule has 1 rings (SSSR count). The summed E-state index contributed by atoms with van der Waals surface area (Å²) < 4.78 is 4.56. The smallest absolute Gasteiger partial charge is 0.321 e. The number of nitrogens with one attached hydrogen (secondary N) is 1. The predicted octanol–water partition coefficient (Wildman–Crippen LogP) is 2.41. The molecule has 0 saturated carbocycles. The highest BCUT2D eigenvalue weighted by Gasteiger charge is 2.13. The van der Waals surface area contributed by atoms with Crippen LogP contribution in [0.2, 0.25) is 0 Å². The van der Waals surface area contributed by atoms with Crippen molar-refractivity contribution in [3.8, 4) is 0 Å². The molecule has 5 nitrogen and oxygen atoms in total. The zero-order valence-corrected chi connectivity index (χ0v) is 11.6. The van der Waals surface area contributed by atoms with Crippen molar-refractivity contribution in [3.63, 3.8) is 0 Å². The van der Waals surface area contributed by atoms with E-state index in [2.05, 4.69) is 10.1 Å². The third kappa shape index (κ3) is 4.99. The number of carbonyl (C=O) groups excluding carboxylic acids is 2. The molecule has 0 fully saturated rings. The van der Waals surface area contributed by atoms with Crippen molar-refractivity contribution in [2.24, 2.45) is 0 Å². The van der Waals surface area contributed by atoms with E-state index in [9.17, 15) is 9.59 Å². The van der Waals surface area contributed by atoms with Gasteiger partial charge in [-0.25, -0.2) is 4.79 Å². The molecule has 1 N–H and O–H groups in total. The van der Waals surface area contributed by atoms with Crippen molar-refractivity contribution in [2.75, 3.05) is 25.5 Å². The molecule has 0 atom stereocenters. The summed E-state index contributed by atoms with van der Waals surface area (Å²) in [5.74, 6) is -0.318. The summed E-state index contributed by atoms with van der Waals surface area (Å²) in [6.45, 7) is 4.72. The topological polar surface area (TPSA) is 58.6 Å². The maximum atomic E-state index is 12.0. The minimum absolute atomic E-state index is 0.200. The molecule has 0 heterocycles. The summed E-state index contributed by atoms with van der Waals surface area (Å²) in [7, 11) is 1.34. The molecule has 1 aromatic carbocycles. The fraction of sp³-hybridized carbons (Fsp3) is 0.429. The first-order valence-corrected chi connectivity index (χ1v) is 6.26. The number of esters is 1. The van der Waals surface area contributed by atoms with Gasteiger partial charge in [-0.15, -0.1) is 0 Å². The zero-order chi connectivity index (χ0) is 14.3. The minimum atomic E-state index is -0.318. The molecule has 104 valence electrons. The van der Waals surface area contributed by atoms with Crippen LogP contribution in [-0.2, 0) is 9.53 Å². The Bertz CT molecular complexity index is 446. The van der Waals surface area contributed by atoms with Gasteiger partial charge in [-0.2, -0.15) is 0 Å². The zero-order valence-electron chi connectivity index (χ0n) is 11.6. The Morgan fingerprint density at radius 2 is 2.11 bits per heavy atom. The summed E-state index contributed by atoms with van der Waals surface area (Å²) >= 11 is 0. The molecule has 19 heavy (non-hydrogen) atoms. The number of nitrogens with zero attached hydrogens (tertiary/aromatic N) is 1. The molecule has 1 aromatic rings. The van der Waals surface area contributed by atoms with Crippen LogP contribution in [0.4, 0.5) is 10.5 Å². The number of amides is 2. The fourth-order valence-corrected chi connectivity index (χ4v) is 1.66. The van der Waals surface area contributed by atoms with Crippen molar-refractivity contribution in [3.05, 3.63) is 29.8 Å². The van der Waals surface area contributed by atoms with Gasteiger partial charge in [0.15, 0.2) is 0 Å². The van der Waals surface area contributed by atoms with Crippen LogP contribution in [0, 0.1) is 6.92 Å². The summed E-state index contributed by atoms with van der Waals surface area (Å²) in [5.41, 5.74) is 1.83. The van der Waals surface area contributed by atoms with E-state index in [1.165, 1.54) is 7.11 Å². The summed E-state index contributed by atoms with van der Waals surface area (Å²) in [6.07, 6.45) is 0.200. The maximum Gasteiger partial charge on any atom is 0.321 e. The van der Waals surface area contributed by atoms with E-state index >= 15 is 0 Å². The normalized spacial score (nSPS) is 9.84. The van der Waals surface area contributed by atoms with Gasteiger partial charge in [0.1, 0.15) is 0 Å². The van der Waals surface area contributed by atoms with E-state index in [0.29, 0.717) is 13.1 Å². The van der Waals surface area contributed by atoms with E-state index in [1.807, 2.05) is 38.1 Å². The van der Waals surface area contributed by atoms with E-state index in [0.717, 1.165) is 11.3 Å². The van der Waals surface area contributed by atoms with Crippen molar-refractivity contribution in [2.45, 2.75) is 20.3 Å². The number of carbonyl (C=O) groups is 2. The lowest BCUT2D eigenvalue weighted by molar-refractivity contribution is -0.140. The van der Waals surface area contributed by atoms with Crippen LogP contribution in [0.1, 0.15) is 18.9 Å². The van der Waals surface area contributed by atoms with Crippen LogP contribution in [0.3, 0.4) is 0 Å². The van der Waals surface area contributed by atoms with Gasteiger partial charge >= 0.3 is 12.0 Å². The first-order chi connectivity index (χ1) is 9.06. The Morgan fingerprint density at radius 3 is 2.68 bits per heavy atom. The van der Waals surface area contributed by atoms with Crippen LogP contribution < -0.4 is 5.32 Å². The molecule has 5 heteroatoms. The van der Waals surface area contributed by atoms with Gasteiger partial charge < -0.3 is 15.0 Å². The Morgan fingerprint density at radius 1 is 1.37 bits per heavy atom.